The maximum absolute atomic E-state index is 6.42. The van der Waals surface area contributed by atoms with Crippen molar-refractivity contribution in [1.29, 1.82) is 0 Å². The van der Waals surface area contributed by atoms with Crippen molar-refractivity contribution < 1.29 is 9.15 Å². The molecule has 1 aromatic rings. The average molecular weight is 320 g/mol. The van der Waals surface area contributed by atoms with Crippen molar-refractivity contribution in [3.8, 4) is 5.95 Å². The average Bonchev–Trinajstić information content (AvgIpc) is 2.51. The summed E-state index contributed by atoms with van der Waals surface area (Å²) < 4.78 is 14.5. The number of rotatable bonds is 5. The van der Waals surface area contributed by atoms with Gasteiger partial charge < -0.3 is 9.15 Å². The van der Waals surface area contributed by atoms with Crippen LogP contribution in [0.5, 0.6) is 5.95 Å². The lowest BCUT2D eigenvalue weighted by Crippen LogP contribution is -2.37. The second-order valence-corrected chi connectivity index (χ2v) is 7.37. The Bertz CT molecular complexity index is 567. The highest BCUT2D eigenvalue weighted by Crippen LogP contribution is 2.36. The molecule has 1 heterocycles. The lowest BCUT2D eigenvalue weighted by molar-refractivity contribution is 0.0265. The molecule has 0 spiro atoms. The maximum atomic E-state index is 6.42. The molecule has 1 aromatic heterocycles. The SMILES string of the molecule is CC[N+](CC)=c1ccoc(O[C@@H]2C[C@H](C)CC[C@H]2C(C)C)c1C. The molecular formula is C20H34NO2+. The molecule has 1 fully saturated rings. The first-order valence-electron chi connectivity index (χ1n) is 9.30. The van der Waals surface area contributed by atoms with Gasteiger partial charge in [0.05, 0.1) is 0 Å². The van der Waals surface area contributed by atoms with Crippen molar-refractivity contribution >= 4 is 0 Å². The molecule has 0 unspecified atom stereocenters. The normalized spacial score (nSPS) is 24.7. The van der Waals surface area contributed by atoms with E-state index in [0.29, 0.717) is 17.8 Å². The van der Waals surface area contributed by atoms with Crippen LogP contribution in [0.15, 0.2) is 16.7 Å². The molecular weight excluding hydrogens is 286 g/mol. The number of nitrogens with zero attached hydrogens (tertiary/aromatic N) is 1. The first-order chi connectivity index (χ1) is 11.0. The van der Waals surface area contributed by atoms with E-state index in [2.05, 4.69) is 52.2 Å². The van der Waals surface area contributed by atoms with Crippen molar-refractivity contribution in [1.82, 2.24) is 4.58 Å². The molecule has 1 saturated carbocycles. The van der Waals surface area contributed by atoms with Gasteiger partial charge in [-0.05, 0) is 51.4 Å². The molecule has 0 aliphatic heterocycles. The molecule has 3 nitrogen and oxygen atoms in total. The zero-order valence-corrected chi connectivity index (χ0v) is 15.8. The molecule has 1 aliphatic rings. The third-order valence-corrected chi connectivity index (χ3v) is 5.42. The van der Waals surface area contributed by atoms with Crippen LogP contribution in [-0.2, 0) is 0 Å². The van der Waals surface area contributed by atoms with E-state index in [4.69, 9.17) is 9.15 Å². The van der Waals surface area contributed by atoms with Crippen LogP contribution in [0.1, 0.15) is 59.4 Å². The number of hydrogen-bond donors (Lipinski definition) is 0. The Kier molecular flexibility index (Phi) is 6.32. The summed E-state index contributed by atoms with van der Waals surface area (Å²) in [6, 6.07) is 2.05. The van der Waals surface area contributed by atoms with Gasteiger partial charge in [0, 0.05) is 6.07 Å². The zero-order valence-electron chi connectivity index (χ0n) is 15.8. The van der Waals surface area contributed by atoms with Gasteiger partial charge in [0.1, 0.15) is 31.0 Å². The van der Waals surface area contributed by atoms with Gasteiger partial charge in [-0.2, -0.15) is 0 Å². The summed E-state index contributed by atoms with van der Waals surface area (Å²) >= 11 is 0. The molecule has 1 aliphatic carbocycles. The fraction of sp³-hybridized carbons (Fsp3) is 0.750. The lowest BCUT2D eigenvalue weighted by Gasteiger charge is -2.36. The van der Waals surface area contributed by atoms with Gasteiger partial charge in [-0.1, -0.05) is 27.2 Å². The van der Waals surface area contributed by atoms with Crippen molar-refractivity contribution in [3.63, 3.8) is 0 Å². The summed E-state index contributed by atoms with van der Waals surface area (Å²) in [5, 5.41) is 1.22. The predicted molar refractivity (Wildman–Crippen MR) is 95.6 cm³/mol. The van der Waals surface area contributed by atoms with E-state index in [1.54, 1.807) is 6.26 Å². The van der Waals surface area contributed by atoms with E-state index >= 15 is 0 Å². The highest BCUT2D eigenvalue weighted by atomic mass is 16.6. The van der Waals surface area contributed by atoms with Crippen LogP contribution >= 0.6 is 0 Å². The molecule has 3 heteroatoms. The monoisotopic (exact) mass is 320 g/mol. The van der Waals surface area contributed by atoms with Crippen LogP contribution in [0.3, 0.4) is 0 Å². The molecule has 2 rings (SSSR count). The maximum Gasteiger partial charge on any atom is 0.294 e. The minimum Gasteiger partial charge on any atom is -0.461 e. The minimum absolute atomic E-state index is 0.271. The first kappa shape index (κ1) is 18.1. The molecule has 0 N–H and O–H groups in total. The van der Waals surface area contributed by atoms with Gasteiger partial charge in [0.25, 0.3) is 5.95 Å². The minimum atomic E-state index is 0.271. The van der Waals surface area contributed by atoms with E-state index in [0.717, 1.165) is 31.0 Å². The van der Waals surface area contributed by atoms with E-state index in [1.807, 2.05) is 0 Å². The van der Waals surface area contributed by atoms with Crippen LogP contribution in [0.2, 0.25) is 0 Å². The van der Waals surface area contributed by atoms with Crippen LogP contribution in [-0.4, -0.2) is 19.2 Å². The van der Waals surface area contributed by atoms with Crippen molar-refractivity contribution in [3.05, 3.63) is 23.3 Å². The molecule has 0 saturated heterocycles. The number of hydrogen-bond acceptors (Lipinski definition) is 2. The zero-order chi connectivity index (χ0) is 17.0. The quantitative estimate of drug-likeness (QED) is 0.758. The molecule has 0 radical (unpaired) electrons. The van der Waals surface area contributed by atoms with E-state index in [-0.39, 0.29) is 6.10 Å². The topological polar surface area (TPSA) is 25.4 Å². The summed E-state index contributed by atoms with van der Waals surface area (Å²) in [5.74, 6) is 2.72. The predicted octanol–water partition coefficient (Wildman–Crippen LogP) is 4.24. The van der Waals surface area contributed by atoms with Gasteiger partial charge in [0.2, 0.25) is 5.36 Å². The van der Waals surface area contributed by atoms with E-state index in [1.165, 1.54) is 18.2 Å². The van der Waals surface area contributed by atoms with Crippen LogP contribution in [0.4, 0.5) is 0 Å². The van der Waals surface area contributed by atoms with Gasteiger partial charge in [-0.25, -0.2) is 4.58 Å². The third kappa shape index (κ3) is 4.19. The van der Waals surface area contributed by atoms with Crippen molar-refractivity contribution in [2.75, 3.05) is 13.1 Å². The summed E-state index contributed by atoms with van der Waals surface area (Å²) in [6.07, 6.45) is 5.75. The van der Waals surface area contributed by atoms with Crippen LogP contribution in [0, 0.1) is 24.7 Å². The summed E-state index contributed by atoms with van der Waals surface area (Å²) in [5.41, 5.74) is 1.12. The fourth-order valence-corrected chi connectivity index (χ4v) is 3.89. The second-order valence-electron chi connectivity index (χ2n) is 7.37. The standard InChI is InChI=1S/C20H34NO2/c1-7-21(8-2)18-11-12-22-20(16(18)6)23-19-13-15(5)9-10-17(19)14(3)4/h11-12,14-15,17,19H,7-10,13H2,1-6H3/q+1/t15-,17+,19-/m1/s1. The second kappa shape index (κ2) is 8.03. The summed E-state index contributed by atoms with van der Waals surface area (Å²) in [7, 11) is 0. The van der Waals surface area contributed by atoms with E-state index < -0.39 is 0 Å². The molecule has 23 heavy (non-hydrogen) atoms. The van der Waals surface area contributed by atoms with Gasteiger partial charge in [0.15, 0.2) is 0 Å². The Balaban J connectivity index is 2.32. The summed E-state index contributed by atoms with van der Waals surface area (Å²) in [6.45, 7) is 15.4. The smallest absolute Gasteiger partial charge is 0.294 e. The largest absolute Gasteiger partial charge is 0.461 e. The Morgan fingerprint density at radius 2 is 1.96 bits per heavy atom. The van der Waals surface area contributed by atoms with Crippen molar-refractivity contribution in [2.45, 2.75) is 66.9 Å². The van der Waals surface area contributed by atoms with E-state index in [9.17, 15) is 0 Å². The molecule has 3 atom stereocenters. The third-order valence-electron chi connectivity index (χ3n) is 5.42. The van der Waals surface area contributed by atoms with Crippen LogP contribution in [0.25, 0.3) is 0 Å². The fourth-order valence-electron chi connectivity index (χ4n) is 3.89. The lowest BCUT2D eigenvalue weighted by atomic mass is 9.75. The highest BCUT2D eigenvalue weighted by molar-refractivity contribution is 5.20. The Morgan fingerprint density at radius 1 is 1.26 bits per heavy atom. The van der Waals surface area contributed by atoms with Crippen LogP contribution < -0.4 is 14.7 Å². The first-order valence-corrected chi connectivity index (χ1v) is 9.30. The molecule has 0 bridgehead atoms. The number of ether oxygens (including phenoxy) is 1. The Labute approximate surface area is 141 Å². The van der Waals surface area contributed by atoms with Gasteiger partial charge in [-0.3, -0.25) is 0 Å². The molecule has 0 amide bonds. The van der Waals surface area contributed by atoms with Crippen molar-refractivity contribution in [2.24, 2.45) is 17.8 Å². The molecule has 0 aromatic carbocycles. The van der Waals surface area contributed by atoms with Gasteiger partial charge >= 0.3 is 0 Å². The highest BCUT2D eigenvalue weighted by Gasteiger charge is 2.33. The Morgan fingerprint density at radius 3 is 2.57 bits per heavy atom. The molecule has 130 valence electrons. The van der Waals surface area contributed by atoms with Gasteiger partial charge in [-0.15, -0.1) is 0 Å². The summed E-state index contributed by atoms with van der Waals surface area (Å²) in [4.78, 5) is 0. The Hall–Kier alpha value is -1.25.